The number of carbonyl (C=O) groups is 2. The third-order valence-corrected chi connectivity index (χ3v) is 4.83. The monoisotopic (exact) mass is 361 g/mol. The largest absolute Gasteiger partial charge is 0.377 e. The number of hydrogen-bond donors (Lipinski definition) is 1. The number of methoxy groups -OCH3 is 1. The normalized spacial score (nSPS) is 14.7. The molecule has 1 saturated carbocycles. The molecule has 0 heterocycles. The fourth-order valence-electron chi connectivity index (χ4n) is 2.92. The summed E-state index contributed by atoms with van der Waals surface area (Å²) in [7, 11) is 5.49. The van der Waals surface area contributed by atoms with E-state index in [1.165, 1.54) is 7.11 Å². The van der Waals surface area contributed by atoms with Gasteiger partial charge < -0.3 is 19.9 Å². The lowest BCUT2D eigenvalue weighted by Gasteiger charge is -2.30. The molecule has 0 saturated heterocycles. The van der Waals surface area contributed by atoms with Gasteiger partial charge in [-0.15, -0.1) is 0 Å². The van der Waals surface area contributed by atoms with Crippen LogP contribution in [0.25, 0.3) is 0 Å². The van der Waals surface area contributed by atoms with Crippen LogP contribution in [0.15, 0.2) is 18.2 Å². The Morgan fingerprint density at radius 2 is 2.00 bits per heavy atom. The number of ether oxygens (including phenoxy) is 1. The number of nitrogens with zero attached hydrogens (tertiary/aromatic N) is 2. The molecular weight excluding hydrogens is 330 g/mol. The Balaban J connectivity index is 2.26. The topological polar surface area (TPSA) is 61.9 Å². The highest BCUT2D eigenvalue weighted by Gasteiger charge is 2.29. The fraction of sp³-hybridized carbons (Fsp3) is 0.600. The van der Waals surface area contributed by atoms with Gasteiger partial charge in [-0.25, -0.2) is 0 Å². The second-order valence-electron chi connectivity index (χ2n) is 7.21. The first-order valence-electron chi connectivity index (χ1n) is 9.26. The Morgan fingerprint density at radius 3 is 2.54 bits per heavy atom. The van der Waals surface area contributed by atoms with Crippen molar-refractivity contribution in [3.63, 3.8) is 0 Å². The predicted molar refractivity (Wildman–Crippen MR) is 104 cm³/mol. The average Bonchev–Trinajstić information content (AvgIpc) is 3.44. The molecule has 1 atom stereocenters. The van der Waals surface area contributed by atoms with E-state index in [2.05, 4.69) is 12.2 Å². The summed E-state index contributed by atoms with van der Waals surface area (Å²) in [6.45, 7) is 4.66. The van der Waals surface area contributed by atoms with E-state index in [0.717, 1.165) is 36.2 Å². The van der Waals surface area contributed by atoms with Crippen molar-refractivity contribution in [2.45, 2.75) is 45.7 Å². The van der Waals surface area contributed by atoms with Crippen molar-refractivity contribution in [3.05, 3.63) is 23.8 Å². The van der Waals surface area contributed by atoms with Crippen molar-refractivity contribution in [1.82, 2.24) is 4.90 Å². The van der Waals surface area contributed by atoms with Crippen LogP contribution >= 0.6 is 0 Å². The molecule has 1 aliphatic carbocycles. The number of nitrogens with one attached hydrogen (secondary N) is 1. The molecule has 144 valence electrons. The van der Waals surface area contributed by atoms with Crippen LogP contribution in [-0.2, 0) is 20.9 Å². The van der Waals surface area contributed by atoms with E-state index >= 15 is 0 Å². The smallest absolute Gasteiger partial charge is 0.249 e. The van der Waals surface area contributed by atoms with Gasteiger partial charge in [-0.05, 0) is 49.9 Å². The Morgan fingerprint density at radius 1 is 1.31 bits per heavy atom. The van der Waals surface area contributed by atoms with Gasteiger partial charge in [0.25, 0.3) is 0 Å². The third-order valence-electron chi connectivity index (χ3n) is 4.83. The maximum Gasteiger partial charge on any atom is 0.249 e. The van der Waals surface area contributed by atoms with Gasteiger partial charge in [-0.3, -0.25) is 9.59 Å². The van der Waals surface area contributed by atoms with E-state index < -0.39 is 0 Å². The van der Waals surface area contributed by atoms with Crippen LogP contribution in [0.4, 0.5) is 11.4 Å². The molecule has 0 aliphatic heterocycles. The minimum Gasteiger partial charge on any atom is -0.377 e. The van der Waals surface area contributed by atoms with E-state index in [-0.39, 0.29) is 30.4 Å². The highest BCUT2D eigenvalue weighted by Crippen LogP contribution is 2.31. The third kappa shape index (κ3) is 5.21. The molecular formula is C20H31N3O3. The zero-order chi connectivity index (χ0) is 19.3. The van der Waals surface area contributed by atoms with Crippen molar-refractivity contribution >= 4 is 23.2 Å². The number of benzene rings is 1. The van der Waals surface area contributed by atoms with Crippen LogP contribution in [0.3, 0.4) is 0 Å². The van der Waals surface area contributed by atoms with Crippen molar-refractivity contribution in [1.29, 1.82) is 0 Å². The van der Waals surface area contributed by atoms with Gasteiger partial charge in [0.15, 0.2) is 0 Å². The average molecular weight is 361 g/mol. The highest BCUT2D eigenvalue weighted by atomic mass is 16.5. The Labute approximate surface area is 156 Å². The number of carbonyl (C=O) groups excluding carboxylic acids is 2. The van der Waals surface area contributed by atoms with Gasteiger partial charge >= 0.3 is 0 Å². The molecule has 0 bridgehead atoms. The summed E-state index contributed by atoms with van der Waals surface area (Å²) in [6.07, 6.45) is 2.81. The Hall–Kier alpha value is -2.08. The summed E-state index contributed by atoms with van der Waals surface area (Å²) in [5, 5.41) is 3.00. The van der Waals surface area contributed by atoms with Crippen molar-refractivity contribution in [2.24, 2.45) is 5.92 Å². The van der Waals surface area contributed by atoms with Gasteiger partial charge in [-0.1, -0.05) is 6.92 Å². The molecule has 0 radical (unpaired) electrons. The summed E-state index contributed by atoms with van der Waals surface area (Å²) < 4.78 is 5.05. The summed E-state index contributed by atoms with van der Waals surface area (Å²) in [4.78, 5) is 28.5. The second kappa shape index (κ2) is 9.03. The van der Waals surface area contributed by atoms with Gasteiger partial charge in [0.05, 0.1) is 0 Å². The first kappa shape index (κ1) is 20.2. The zero-order valence-corrected chi connectivity index (χ0v) is 16.5. The lowest BCUT2D eigenvalue weighted by atomic mass is 10.1. The number of hydrogen-bond acceptors (Lipinski definition) is 4. The molecule has 2 amide bonds. The summed E-state index contributed by atoms with van der Waals surface area (Å²) in [5.74, 6) is 0.216. The van der Waals surface area contributed by atoms with Crippen LogP contribution in [0.5, 0.6) is 0 Å². The maximum absolute atomic E-state index is 12.5. The van der Waals surface area contributed by atoms with E-state index in [1.807, 2.05) is 49.0 Å². The zero-order valence-electron chi connectivity index (χ0n) is 16.5. The van der Waals surface area contributed by atoms with Crippen LogP contribution in [0.2, 0.25) is 0 Å². The molecule has 6 nitrogen and oxygen atoms in total. The first-order chi connectivity index (χ1) is 12.4. The van der Waals surface area contributed by atoms with Crippen molar-refractivity contribution in [2.75, 3.05) is 38.0 Å². The molecule has 26 heavy (non-hydrogen) atoms. The van der Waals surface area contributed by atoms with Gasteiger partial charge in [-0.2, -0.15) is 0 Å². The molecule has 1 N–H and O–H groups in total. The lowest BCUT2D eigenvalue weighted by Crippen LogP contribution is -2.40. The second-order valence-corrected chi connectivity index (χ2v) is 7.21. The number of anilines is 2. The first-order valence-corrected chi connectivity index (χ1v) is 9.26. The SMILES string of the molecule is CCC(C)N(Cc1cc(NC(=O)C2CC2)ccc1N(C)C)C(=O)COC. The summed E-state index contributed by atoms with van der Waals surface area (Å²) in [5.41, 5.74) is 2.83. The van der Waals surface area contributed by atoms with E-state index in [1.54, 1.807) is 0 Å². The molecule has 1 unspecified atom stereocenters. The predicted octanol–water partition coefficient (Wildman–Crippen LogP) is 2.87. The molecule has 2 rings (SSSR count). The van der Waals surface area contributed by atoms with Crippen molar-refractivity contribution in [3.8, 4) is 0 Å². The number of amides is 2. The van der Waals surface area contributed by atoms with Gasteiger partial charge in [0, 0.05) is 51.1 Å². The fourth-order valence-corrected chi connectivity index (χ4v) is 2.92. The Bertz CT molecular complexity index is 641. The lowest BCUT2D eigenvalue weighted by molar-refractivity contribution is -0.138. The molecule has 0 aromatic heterocycles. The standard InChI is InChI=1S/C20H31N3O3/c1-6-14(2)23(19(24)13-26-5)12-16-11-17(9-10-18(16)22(3)4)21-20(25)15-7-8-15/h9-11,14-15H,6-8,12-13H2,1-5H3,(H,21,25). The highest BCUT2D eigenvalue weighted by molar-refractivity contribution is 5.94. The summed E-state index contributed by atoms with van der Waals surface area (Å²) in [6, 6.07) is 6.00. The molecule has 1 aromatic rings. The van der Waals surface area contributed by atoms with Gasteiger partial charge in [0.2, 0.25) is 11.8 Å². The van der Waals surface area contributed by atoms with Crippen LogP contribution < -0.4 is 10.2 Å². The van der Waals surface area contributed by atoms with Crippen LogP contribution in [0, 0.1) is 5.92 Å². The van der Waals surface area contributed by atoms with E-state index in [9.17, 15) is 9.59 Å². The van der Waals surface area contributed by atoms with Gasteiger partial charge in [0.1, 0.15) is 6.61 Å². The number of rotatable bonds is 9. The molecule has 0 spiro atoms. The Kier molecular flexibility index (Phi) is 7.03. The molecule has 1 fully saturated rings. The molecule has 6 heteroatoms. The van der Waals surface area contributed by atoms with E-state index in [0.29, 0.717) is 6.54 Å². The van der Waals surface area contributed by atoms with Crippen LogP contribution in [-0.4, -0.2) is 50.6 Å². The maximum atomic E-state index is 12.5. The molecule has 1 aromatic carbocycles. The quantitative estimate of drug-likeness (QED) is 0.735. The van der Waals surface area contributed by atoms with E-state index in [4.69, 9.17) is 4.74 Å². The summed E-state index contributed by atoms with van der Waals surface area (Å²) >= 11 is 0. The van der Waals surface area contributed by atoms with Crippen molar-refractivity contribution < 1.29 is 14.3 Å². The van der Waals surface area contributed by atoms with Crippen LogP contribution in [0.1, 0.15) is 38.7 Å². The molecule has 1 aliphatic rings. The minimum absolute atomic E-state index is 0.0287. The minimum atomic E-state index is -0.0287.